The van der Waals surface area contributed by atoms with E-state index in [0.717, 1.165) is 29.9 Å². The van der Waals surface area contributed by atoms with Gasteiger partial charge in [-0.1, -0.05) is 12.1 Å². The molecule has 5 nitrogen and oxygen atoms in total. The molecule has 1 aromatic rings. The Hall–Kier alpha value is -2.01. The number of aliphatic hydroxyl groups is 1. The van der Waals surface area contributed by atoms with Gasteiger partial charge in [0.05, 0.1) is 35.4 Å². The van der Waals surface area contributed by atoms with E-state index in [1.54, 1.807) is 6.92 Å². The molecule has 21 heavy (non-hydrogen) atoms. The molecule has 2 aliphatic rings. The SMILES string of the molecule is CC(=N)C(=NC1CC(CO)C1)C1=Nc2ccccc2NC1. The highest BCUT2D eigenvalue weighted by Gasteiger charge is 2.29. The zero-order chi connectivity index (χ0) is 14.8. The number of benzene rings is 1. The second kappa shape index (κ2) is 5.77. The molecule has 1 fully saturated rings. The second-order valence-electron chi connectivity index (χ2n) is 5.71. The van der Waals surface area contributed by atoms with Gasteiger partial charge < -0.3 is 15.8 Å². The van der Waals surface area contributed by atoms with E-state index >= 15 is 0 Å². The highest BCUT2D eigenvalue weighted by molar-refractivity contribution is 6.68. The summed E-state index contributed by atoms with van der Waals surface area (Å²) in [4.78, 5) is 9.34. The number of fused-ring (bicyclic) bond motifs is 1. The van der Waals surface area contributed by atoms with E-state index in [0.29, 0.717) is 23.9 Å². The third-order valence-corrected chi connectivity index (χ3v) is 4.01. The van der Waals surface area contributed by atoms with Crippen molar-refractivity contribution < 1.29 is 5.11 Å². The number of hydrogen-bond donors (Lipinski definition) is 3. The first-order chi connectivity index (χ1) is 10.2. The van der Waals surface area contributed by atoms with Gasteiger partial charge in [0.2, 0.25) is 0 Å². The number of nitrogens with zero attached hydrogens (tertiary/aromatic N) is 2. The van der Waals surface area contributed by atoms with Crippen LogP contribution in [0.5, 0.6) is 0 Å². The number of aliphatic imine (C=N–C) groups is 2. The van der Waals surface area contributed by atoms with E-state index in [1.807, 2.05) is 24.3 Å². The third-order valence-electron chi connectivity index (χ3n) is 4.01. The predicted octanol–water partition coefficient (Wildman–Crippen LogP) is 2.44. The van der Waals surface area contributed by atoms with Gasteiger partial charge in [-0.05, 0) is 37.8 Å². The minimum absolute atomic E-state index is 0.220. The molecule has 0 spiro atoms. The first-order valence-corrected chi connectivity index (χ1v) is 7.32. The summed E-state index contributed by atoms with van der Waals surface area (Å²) >= 11 is 0. The van der Waals surface area contributed by atoms with Gasteiger partial charge >= 0.3 is 0 Å². The highest BCUT2D eigenvalue weighted by Crippen LogP contribution is 2.31. The lowest BCUT2D eigenvalue weighted by Crippen LogP contribution is -2.35. The van der Waals surface area contributed by atoms with Crippen LogP contribution in [0.2, 0.25) is 0 Å². The normalized spacial score (nSPS) is 24.5. The standard InChI is InChI=1S/C16H20N4O/c1-10(17)16(19-12-6-11(7-12)9-21)15-8-18-13-4-2-3-5-14(13)20-15/h2-5,11-12,17-18,21H,6-9H2,1H3. The first-order valence-electron chi connectivity index (χ1n) is 7.32. The average Bonchev–Trinajstić information content (AvgIpc) is 2.45. The molecule has 0 radical (unpaired) electrons. The van der Waals surface area contributed by atoms with Crippen LogP contribution in [-0.4, -0.2) is 41.4 Å². The van der Waals surface area contributed by atoms with Gasteiger partial charge in [0.1, 0.15) is 5.71 Å². The van der Waals surface area contributed by atoms with Gasteiger partial charge in [-0.2, -0.15) is 0 Å². The molecule has 0 atom stereocenters. The molecule has 0 bridgehead atoms. The lowest BCUT2D eigenvalue weighted by molar-refractivity contribution is 0.145. The van der Waals surface area contributed by atoms with E-state index in [9.17, 15) is 0 Å². The van der Waals surface area contributed by atoms with Gasteiger partial charge in [0.15, 0.2) is 0 Å². The van der Waals surface area contributed by atoms with Crippen LogP contribution in [0.1, 0.15) is 19.8 Å². The smallest absolute Gasteiger partial charge is 0.102 e. The lowest BCUT2D eigenvalue weighted by atomic mass is 9.81. The maximum Gasteiger partial charge on any atom is 0.102 e. The number of nitrogens with one attached hydrogen (secondary N) is 2. The molecular weight excluding hydrogens is 264 g/mol. The highest BCUT2D eigenvalue weighted by atomic mass is 16.3. The number of para-hydroxylation sites is 2. The van der Waals surface area contributed by atoms with E-state index in [2.05, 4.69) is 15.3 Å². The summed E-state index contributed by atoms with van der Waals surface area (Å²) in [6, 6.07) is 8.12. The van der Waals surface area contributed by atoms with Crippen molar-refractivity contribution in [1.29, 1.82) is 5.41 Å². The number of anilines is 1. The fourth-order valence-electron chi connectivity index (χ4n) is 2.75. The van der Waals surface area contributed by atoms with Crippen molar-refractivity contribution >= 4 is 28.5 Å². The van der Waals surface area contributed by atoms with Crippen LogP contribution >= 0.6 is 0 Å². The van der Waals surface area contributed by atoms with Crippen LogP contribution in [0.25, 0.3) is 0 Å². The maximum absolute atomic E-state index is 9.08. The minimum atomic E-state index is 0.220. The van der Waals surface area contributed by atoms with Crippen LogP contribution in [0.3, 0.4) is 0 Å². The Balaban J connectivity index is 1.84. The molecule has 3 rings (SSSR count). The van der Waals surface area contributed by atoms with Crippen LogP contribution in [0.15, 0.2) is 34.3 Å². The fraction of sp³-hybridized carbons (Fsp3) is 0.438. The van der Waals surface area contributed by atoms with Crippen molar-refractivity contribution in [2.24, 2.45) is 15.9 Å². The Morgan fingerprint density at radius 1 is 1.43 bits per heavy atom. The summed E-state index contributed by atoms with van der Waals surface area (Å²) in [5.74, 6) is 0.373. The van der Waals surface area contributed by atoms with Gasteiger partial charge in [-0.25, -0.2) is 4.99 Å². The quantitative estimate of drug-likeness (QED) is 0.742. The Morgan fingerprint density at radius 2 is 2.19 bits per heavy atom. The maximum atomic E-state index is 9.08. The van der Waals surface area contributed by atoms with Crippen molar-refractivity contribution in [3.05, 3.63) is 24.3 Å². The lowest BCUT2D eigenvalue weighted by Gasteiger charge is -2.32. The summed E-state index contributed by atoms with van der Waals surface area (Å²) < 4.78 is 0. The Kier molecular flexibility index (Phi) is 3.84. The number of aliphatic hydroxyl groups excluding tert-OH is 1. The summed E-state index contributed by atoms with van der Waals surface area (Å²) in [5, 5.41) is 20.4. The molecule has 1 aliphatic carbocycles. The summed E-state index contributed by atoms with van der Waals surface area (Å²) in [6.07, 6.45) is 1.81. The molecule has 5 heteroatoms. The monoisotopic (exact) mass is 284 g/mol. The van der Waals surface area contributed by atoms with Crippen LogP contribution in [-0.2, 0) is 0 Å². The molecule has 0 amide bonds. The minimum Gasteiger partial charge on any atom is -0.396 e. The van der Waals surface area contributed by atoms with Crippen LogP contribution < -0.4 is 5.32 Å². The Labute approximate surface area is 124 Å². The van der Waals surface area contributed by atoms with Gasteiger partial charge in [0, 0.05) is 6.61 Å². The van der Waals surface area contributed by atoms with Crippen LogP contribution in [0, 0.1) is 11.3 Å². The molecule has 1 heterocycles. The number of hydrogen-bond acceptors (Lipinski definition) is 5. The Bertz CT molecular complexity index is 614. The van der Waals surface area contributed by atoms with E-state index in [-0.39, 0.29) is 12.6 Å². The number of rotatable bonds is 4. The average molecular weight is 284 g/mol. The predicted molar refractivity (Wildman–Crippen MR) is 86.5 cm³/mol. The van der Waals surface area contributed by atoms with E-state index in [1.165, 1.54) is 0 Å². The molecule has 0 saturated heterocycles. The van der Waals surface area contributed by atoms with Gasteiger partial charge in [0.25, 0.3) is 0 Å². The molecule has 1 saturated carbocycles. The molecule has 0 unspecified atom stereocenters. The van der Waals surface area contributed by atoms with Crippen molar-refractivity contribution in [2.75, 3.05) is 18.5 Å². The van der Waals surface area contributed by atoms with Crippen molar-refractivity contribution in [1.82, 2.24) is 0 Å². The van der Waals surface area contributed by atoms with Crippen LogP contribution in [0.4, 0.5) is 11.4 Å². The Morgan fingerprint density at radius 3 is 2.90 bits per heavy atom. The molecule has 110 valence electrons. The third kappa shape index (κ3) is 2.88. The zero-order valence-corrected chi connectivity index (χ0v) is 12.1. The van der Waals surface area contributed by atoms with E-state index < -0.39 is 0 Å². The van der Waals surface area contributed by atoms with E-state index in [4.69, 9.17) is 10.5 Å². The topological polar surface area (TPSA) is 80.8 Å². The van der Waals surface area contributed by atoms with Gasteiger partial charge in [-0.3, -0.25) is 4.99 Å². The first kappa shape index (κ1) is 13.9. The van der Waals surface area contributed by atoms with Crippen molar-refractivity contribution in [3.8, 4) is 0 Å². The molecule has 1 aromatic carbocycles. The molecule has 3 N–H and O–H groups in total. The van der Waals surface area contributed by atoms with Crippen molar-refractivity contribution in [2.45, 2.75) is 25.8 Å². The summed E-state index contributed by atoms with van der Waals surface area (Å²) in [7, 11) is 0. The zero-order valence-electron chi connectivity index (χ0n) is 12.1. The second-order valence-corrected chi connectivity index (χ2v) is 5.71. The molecule has 1 aliphatic heterocycles. The fourth-order valence-corrected chi connectivity index (χ4v) is 2.75. The molecule has 0 aromatic heterocycles. The summed E-state index contributed by atoms with van der Waals surface area (Å²) in [6.45, 7) is 2.59. The van der Waals surface area contributed by atoms with Crippen molar-refractivity contribution in [3.63, 3.8) is 0 Å². The van der Waals surface area contributed by atoms with Gasteiger partial charge in [-0.15, -0.1) is 0 Å². The molecular formula is C16H20N4O. The summed E-state index contributed by atoms with van der Waals surface area (Å²) in [5.41, 5.74) is 3.89. The largest absolute Gasteiger partial charge is 0.396 e.